The molecule has 0 aromatic carbocycles. The Kier molecular flexibility index (Phi) is 4.24. The summed E-state index contributed by atoms with van der Waals surface area (Å²) in [5, 5.41) is 8.00. The lowest BCUT2D eigenvalue weighted by Gasteiger charge is -2.10. The Balaban J connectivity index is 2.16. The number of pyridine rings is 1. The summed E-state index contributed by atoms with van der Waals surface area (Å²) >= 11 is 3.39. The van der Waals surface area contributed by atoms with Crippen molar-refractivity contribution in [2.45, 2.75) is 40.3 Å². The van der Waals surface area contributed by atoms with Crippen LogP contribution in [-0.2, 0) is 6.54 Å². The van der Waals surface area contributed by atoms with Gasteiger partial charge in [0.2, 0.25) is 0 Å². The molecule has 0 spiro atoms. The van der Waals surface area contributed by atoms with Gasteiger partial charge in [0, 0.05) is 6.04 Å². The minimum Gasteiger partial charge on any atom is -0.376 e. The van der Waals surface area contributed by atoms with Crippen LogP contribution in [0.5, 0.6) is 0 Å². The molecular formula is C14H19BrN4. The molecule has 5 heteroatoms. The molecule has 0 bridgehead atoms. The van der Waals surface area contributed by atoms with Crippen molar-refractivity contribution in [2.75, 3.05) is 5.32 Å². The van der Waals surface area contributed by atoms with Gasteiger partial charge in [0.1, 0.15) is 4.60 Å². The maximum Gasteiger partial charge on any atom is 0.106 e. The second-order valence-corrected chi connectivity index (χ2v) is 5.70. The van der Waals surface area contributed by atoms with Gasteiger partial charge in [-0.1, -0.05) is 6.07 Å². The number of nitrogens with zero attached hydrogens (tertiary/aromatic N) is 3. The fraction of sp³-hybridized carbons (Fsp3) is 0.429. The number of hydrogen-bond donors (Lipinski definition) is 1. The van der Waals surface area contributed by atoms with Crippen LogP contribution in [0, 0.1) is 13.8 Å². The first kappa shape index (κ1) is 14.1. The number of anilines is 1. The topological polar surface area (TPSA) is 42.7 Å². The van der Waals surface area contributed by atoms with E-state index >= 15 is 0 Å². The van der Waals surface area contributed by atoms with E-state index in [0.29, 0.717) is 12.6 Å². The average molecular weight is 323 g/mol. The maximum absolute atomic E-state index is 4.56. The molecule has 0 aliphatic rings. The average Bonchev–Trinajstić information content (AvgIpc) is 2.63. The molecule has 0 aliphatic carbocycles. The zero-order chi connectivity index (χ0) is 14.0. The van der Waals surface area contributed by atoms with Crippen molar-refractivity contribution in [3.63, 3.8) is 0 Å². The predicted octanol–water partition coefficient (Wildman–Crippen LogP) is 3.85. The van der Waals surface area contributed by atoms with Gasteiger partial charge in [0.05, 0.1) is 29.3 Å². The van der Waals surface area contributed by atoms with Crippen molar-refractivity contribution in [3.05, 3.63) is 39.9 Å². The van der Waals surface area contributed by atoms with E-state index < -0.39 is 0 Å². The summed E-state index contributed by atoms with van der Waals surface area (Å²) in [4.78, 5) is 4.42. The maximum atomic E-state index is 4.56. The molecule has 4 nitrogen and oxygen atoms in total. The summed E-state index contributed by atoms with van der Waals surface area (Å²) in [6, 6.07) is 6.30. The molecule has 0 saturated carbocycles. The van der Waals surface area contributed by atoms with Gasteiger partial charge in [-0.05, 0) is 55.8 Å². The van der Waals surface area contributed by atoms with Crippen molar-refractivity contribution in [2.24, 2.45) is 0 Å². The highest BCUT2D eigenvalue weighted by Crippen LogP contribution is 2.22. The van der Waals surface area contributed by atoms with Crippen molar-refractivity contribution in [1.29, 1.82) is 0 Å². The molecular weight excluding hydrogens is 304 g/mol. The number of nitrogens with one attached hydrogen (secondary N) is 1. The van der Waals surface area contributed by atoms with Gasteiger partial charge < -0.3 is 5.32 Å². The van der Waals surface area contributed by atoms with Gasteiger partial charge >= 0.3 is 0 Å². The molecule has 2 rings (SSSR count). The summed E-state index contributed by atoms with van der Waals surface area (Å²) < 4.78 is 2.91. The fourth-order valence-electron chi connectivity index (χ4n) is 2.15. The number of hydrogen-bond acceptors (Lipinski definition) is 3. The van der Waals surface area contributed by atoms with Gasteiger partial charge in [-0.3, -0.25) is 4.68 Å². The first-order valence-electron chi connectivity index (χ1n) is 6.40. The van der Waals surface area contributed by atoms with Crippen LogP contribution in [0.3, 0.4) is 0 Å². The third-order valence-corrected chi connectivity index (χ3v) is 3.47. The smallest absolute Gasteiger partial charge is 0.106 e. The lowest BCUT2D eigenvalue weighted by molar-refractivity contribution is 0.516. The molecule has 0 aliphatic heterocycles. The zero-order valence-electron chi connectivity index (χ0n) is 11.7. The van der Waals surface area contributed by atoms with Gasteiger partial charge in [-0.2, -0.15) is 5.10 Å². The van der Waals surface area contributed by atoms with Crippen LogP contribution in [0.1, 0.15) is 37.0 Å². The van der Waals surface area contributed by atoms with Crippen LogP contribution in [-0.4, -0.2) is 14.8 Å². The first-order valence-corrected chi connectivity index (χ1v) is 7.19. The Morgan fingerprint density at radius 3 is 2.63 bits per heavy atom. The van der Waals surface area contributed by atoms with E-state index in [-0.39, 0.29) is 0 Å². The monoisotopic (exact) mass is 322 g/mol. The number of halogens is 1. The highest BCUT2D eigenvalue weighted by Gasteiger charge is 2.13. The minimum absolute atomic E-state index is 0.373. The molecule has 0 unspecified atom stereocenters. The van der Waals surface area contributed by atoms with E-state index in [4.69, 9.17) is 0 Å². The highest BCUT2D eigenvalue weighted by atomic mass is 79.9. The first-order chi connectivity index (χ1) is 8.99. The Labute approximate surface area is 122 Å². The molecule has 0 saturated heterocycles. The largest absolute Gasteiger partial charge is 0.376 e. The predicted molar refractivity (Wildman–Crippen MR) is 81.3 cm³/mol. The summed E-state index contributed by atoms with van der Waals surface area (Å²) in [7, 11) is 0. The quantitative estimate of drug-likeness (QED) is 0.869. The SMILES string of the molecule is Cc1nn(C(C)C)c(C)c1NCc1cccc(Br)n1. The van der Waals surface area contributed by atoms with Crippen LogP contribution in [0.2, 0.25) is 0 Å². The third-order valence-electron chi connectivity index (χ3n) is 3.03. The number of rotatable bonds is 4. The van der Waals surface area contributed by atoms with E-state index in [1.54, 1.807) is 0 Å². The van der Waals surface area contributed by atoms with Gasteiger partial charge in [0.15, 0.2) is 0 Å². The lowest BCUT2D eigenvalue weighted by Crippen LogP contribution is -2.06. The number of aromatic nitrogens is 3. The van der Waals surface area contributed by atoms with Crippen LogP contribution in [0.25, 0.3) is 0 Å². The molecule has 0 radical (unpaired) electrons. The number of aryl methyl sites for hydroxylation is 1. The van der Waals surface area contributed by atoms with E-state index in [1.807, 2.05) is 29.8 Å². The lowest BCUT2D eigenvalue weighted by atomic mass is 10.3. The second kappa shape index (κ2) is 5.74. The van der Waals surface area contributed by atoms with Crippen molar-refractivity contribution in [1.82, 2.24) is 14.8 Å². The molecule has 1 N–H and O–H groups in total. The second-order valence-electron chi connectivity index (χ2n) is 4.89. The summed E-state index contributed by atoms with van der Waals surface area (Å²) in [5.41, 5.74) is 4.31. The Bertz CT molecular complexity index is 575. The van der Waals surface area contributed by atoms with E-state index in [1.165, 1.54) is 5.69 Å². The molecule has 19 heavy (non-hydrogen) atoms. The van der Waals surface area contributed by atoms with Gasteiger partial charge in [0.25, 0.3) is 0 Å². The summed E-state index contributed by atoms with van der Waals surface area (Å²) in [5.74, 6) is 0. The Morgan fingerprint density at radius 2 is 2.05 bits per heavy atom. The van der Waals surface area contributed by atoms with E-state index in [9.17, 15) is 0 Å². The summed E-state index contributed by atoms with van der Waals surface area (Å²) in [6.45, 7) is 9.10. The van der Waals surface area contributed by atoms with Crippen LogP contribution < -0.4 is 5.32 Å². The van der Waals surface area contributed by atoms with Crippen LogP contribution in [0.4, 0.5) is 5.69 Å². The Hall–Kier alpha value is -1.36. The molecule has 2 aromatic rings. The minimum atomic E-state index is 0.373. The Morgan fingerprint density at radius 1 is 1.32 bits per heavy atom. The zero-order valence-corrected chi connectivity index (χ0v) is 13.3. The normalized spacial score (nSPS) is 11.1. The standard InChI is InChI=1S/C14H19BrN4/c1-9(2)19-11(4)14(10(3)18-19)16-8-12-6-5-7-13(15)17-12/h5-7,9,16H,8H2,1-4H3. The van der Waals surface area contributed by atoms with Crippen molar-refractivity contribution < 1.29 is 0 Å². The highest BCUT2D eigenvalue weighted by molar-refractivity contribution is 9.10. The van der Waals surface area contributed by atoms with Crippen LogP contribution in [0.15, 0.2) is 22.8 Å². The van der Waals surface area contributed by atoms with E-state index in [2.05, 4.69) is 52.1 Å². The molecule has 2 aromatic heterocycles. The molecule has 0 fully saturated rings. The van der Waals surface area contributed by atoms with Crippen molar-refractivity contribution >= 4 is 21.6 Å². The molecule has 102 valence electrons. The molecule has 0 amide bonds. The van der Waals surface area contributed by atoms with E-state index in [0.717, 1.165) is 21.7 Å². The van der Waals surface area contributed by atoms with Gasteiger partial charge in [-0.25, -0.2) is 4.98 Å². The summed E-state index contributed by atoms with van der Waals surface area (Å²) in [6.07, 6.45) is 0. The molecule has 2 heterocycles. The fourth-order valence-corrected chi connectivity index (χ4v) is 2.53. The third kappa shape index (κ3) is 3.15. The molecule has 0 atom stereocenters. The van der Waals surface area contributed by atoms with Crippen molar-refractivity contribution in [3.8, 4) is 0 Å². The van der Waals surface area contributed by atoms with Crippen LogP contribution >= 0.6 is 15.9 Å². The van der Waals surface area contributed by atoms with Gasteiger partial charge in [-0.15, -0.1) is 0 Å².